The van der Waals surface area contributed by atoms with Crippen LogP contribution in [0.2, 0.25) is 0 Å². The number of para-hydroxylation sites is 2. The molecule has 0 radical (unpaired) electrons. The van der Waals surface area contributed by atoms with Gasteiger partial charge >= 0.3 is 0 Å². The molecule has 0 amide bonds. The second-order valence-corrected chi connectivity index (χ2v) is 6.16. The fraction of sp³-hybridized carbons (Fsp3) is 0.263. The van der Waals surface area contributed by atoms with Crippen LogP contribution in [0.15, 0.2) is 42.6 Å². The quantitative estimate of drug-likeness (QED) is 0.743. The Morgan fingerprint density at radius 1 is 1.20 bits per heavy atom. The van der Waals surface area contributed by atoms with Crippen LogP contribution in [0.5, 0.6) is 0 Å². The maximum Gasteiger partial charge on any atom is 0.189 e. The Balaban J connectivity index is 1.60. The van der Waals surface area contributed by atoms with Crippen LogP contribution in [0.25, 0.3) is 11.0 Å². The Kier molecular flexibility index (Phi) is 3.90. The Labute approximate surface area is 145 Å². The van der Waals surface area contributed by atoms with Crippen molar-refractivity contribution in [3.8, 4) is 6.07 Å². The molecular weight excluding hydrogens is 314 g/mol. The molecule has 2 aromatic heterocycles. The first-order valence-electron chi connectivity index (χ1n) is 8.36. The summed E-state index contributed by atoms with van der Waals surface area (Å²) >= 11 is 0. The molecule has 1 N–H and O–H groups in total. The highest BCUT2D eigenvalue weighted by Crippen LogP contribution is 2.23. The number of Topliss-reactive ketones (excluding diaryl/α,β-unsaturated/α-hetero) is 1. The molecule has 0 bridgehead atoms. The van der Waals surface area contributed by atoms with Crippen LogP contribution in [-0.2, 0) is 0 Å². The molecule has 0 unspecified atom stereocenters. The fourth-order valence-corrected chi connectivity index (χ4v) is 3.18. The number of carbonyl (C=O) groups is 1. The number of carbonyl (C=O) groups excluding carboxylic acids is 1. The van der Waals surface area contributed by atoms with Gasteiger partial charge in [-0.3, -0.25) is 4.79 Å². The van der Waals surface area contributed by atoms with Crippen molar-refractivity contribution in [1.29, 1.82) is 5.26 Å². The number of aromatic amines is 1. The summed E-state index contributed by atoms with van der Waals surface area (Å²) in [7, 11) is 0. The van der Waals surface area contributed by atoms with Gasteiger partial charge in [-0.2, -0.15) is 5.26 Å². The van der Waals surface area contributed by atoms with Gasteiger partial charge in [0.1, 0.15) is 11.6 Å². The highest BCUT2D eigenvalue weighted by Gasteiger charge is 2.25. The average Bonchev–Trinajstić information content (AvgIpc) is 3.32. The molecule has 1 fully saturated rings. The Morgan fingerprint density at radius 2 is 2.00 bits per heavy atom. The summed E-state index contributed by atoms with van der Waals surface area (Å²) in [6, 6.07) is 13.1. The number of imidazole rings is 1. The molecule has 1 aliphatic rings. The second kappa shape index (κ2) is 6.36. The van der Waals surface area contributed by atoms with Crippen LogP contribution >= 0.6 is 0 Å². The van der Waals surface area contributed by atoms with Gasteiger partial charge in [0.2, 0.25) is 0 Å². The van der Waals surface area contributed by atoms with Crippen molar-refractivity contribution in [3.05, 3.63) is 54.0 Å². The highest BCUT2D eigenvalue weighted by atomic mass is 16.1. The number of nitriles is 1. The van der Waals surface area contributed by atoms with Crippen LogP contribution in [0.4, 0.5) is 5.82 Å². The number of aromatic nitrogens is 3. The molecule has 1 atom stereocenters. The summed E-state index contributed by atoms with van der Waals surface area (Å²) in [4.78, 5) is 26.8. The van der Waals surface area contributed by atoms with Gasteiger partial charge in [-0.25, -0.2) is 9.97 Å². The molecule has 0 saturated carbocycles. The molecule has 3 heterocycles. The highest BCUT2D eigenvalue weighted by molar-refractivity contribution is 6.02. The third-order valence-corrected chi connectivity index (χ3v) is 4.53. The van der Waals surface area contributed by atoms with Crippen LogP contribution in [0.3, 0.4) is 0 Å². The lowest BCUT2D eigenvalue weighted by molar-refractivity contribution is 0.0976. The van der Waals surface area contributed by atoms with Gasteiger partial charge in [-0.1, -0.05) is 12.1 Å². The van der Waals surface area contributed by atoms with Crippen molar-refractivity contribution in [1.82, 2.24) is 15.0 Å². The van der Waals surface area contributed by atoms with Gasteiger partial charge in [0, 0.05) is 24.8 Å². The van der Waals surface area contributed by atoms with E-state index in [1.807, 2.05) is 30.3 Å². The van der Waals surface area contributed by atoms with E-state index < -0.39 is 5.92 Å². The van der Waals surface area contributed by atoms with E-state index in [2.05, 4.69) is 25.9 Å². The van der Waals surface area contributed by atoms with E-state index >= 15 is 0 Å². The van der Waals surface area contributed by atoms with Crippen molar-refractivity contribution >= 4 is 22.6 Å². The summed E-state index contributed by atoms with van der Waals surface area (Å²) in [5, 5.41) is 9.50. The first-order valence-corrected chi connectivity index (χ1v) is 8.36. The number of hydrogen-bond acceptors (Lipinski definition) is 5. The maximum absolute atomic E-state index is 12.7. The summed E-state index contributed by atoms with van der Waals surface area (Å²) in [5.41, 5.74) is 1.98. The molecule has 1 saturated heterocycles. The van der Waals surface area contributed by atoms with Crippen molar-refractivity contribution in [2.75, 3.05) is 18.0 Å². The van der Waals surface area contributed by atoms with Crippen molar-refractivity contribution in [2.45, 2.75) is 18.8 Å². The molecule has 0 spiro atoms. The first-order chi connectivity index (χ1) is 12.3. The zero-order valence-electron chi connectivity index (χ0n) is 13.6. The third kappa shape index (κ3) is 2.85. The van der Waals surface area contributed by atoms with Gasteiger partial charge in [0.15, 0.2) is 11.7 Å². The average molecular weight is 331 g/mol. The summed E-state index contributed by atoms with van der Waals surface area (Å²) in [6.45, 7) is 2.00. The standard InChI is InChI=1S/C19H17N5O/c20-11-14(19-22-15-5-1-2-6-16(15)23-19)18(25)13-7-8-17(21-12-13)24-9-3-4-10-24/h1-2,5-8,12,14H,3-4,9-10H2,(H,22,23)/t14-/m0/s1. The summed E-state index contributed by atoms with van der Waals surface area (Å²) in [5.74, 6) is -0.00233. The first kappa shape index (κ1) is 15.3. The SMILES string of the molecule is N#C[C@@H](C(=O)c1ccc(N2CCCC2)nc1)c1nc2ccccc2[nH]1. The van der Waals surface area contributed by atoms with Crippen molar-refractivity contribution in [3.63, 3.8) is 0 Å². The number of nitrogens with one attached hydrogen (secondary N) is 1. The minimum Gasteiger partial charge on any atom is -0.357 e. The van der Waals surface area contributed by atoms with Crippen LogP contribution in [0, 0.1) is 11.3 Å². The van der Waals surface area contributed by atoms with Gasteiger partial charge in [0.05, 0.1) is 17.1 Å². The number of benzene rings is 1. The van der Waals surface area contributed by atoms with Crippen molar-refractivity contribution in [2.24, 2.45) is 0 Å². The second-order valence-electron chi connectivity index (χ2n) is 6.16. The minimum absolute atomic E-state index is 0.290. The molecule has 6 heteroatoms. The maximum atomic E-state index is 12.7. The van der Waals surface area contributed by atoms with Crippen LogP contribution in [-0.4, -0.2) is 33.8 Å². The third-order valence-electron chi connectivity index (χ3n) is 4.53. The molecule has 4 rings (SSSR count). The molecule has 6 nitrogen and oxygen atoms in total. The number of H-pyrrole nitrogens is 1. The van der Waals surface area contributed by atoms with E-state index in [1.165, 1.54) is 12.8 Å². The van der Waals surface area contributed by atoms with Crippen LogP contribution < -0.4 is 4.90 Å². The topological polar surface area (TPSA) is 85.7 Å². The van der Waals surface area contributed by atoms with E-state index in [0.717, 1.165) is 29.9 Å². The number of hydrogen-bond donors (Lipinski definition) is 1. The number of rotatable bonds is 4. The van der Waals surface area contributed by atoms with E-state index in [1.54, 1.807) is 12.3 Å². The molecule has 0 aliphatic carbocycles. The monoisotopic (exact) mass is 331 g/mol. The lowest BCUT2D eigenvalue weighted by atomic mass is 9.99. The van der Waals surface area contributed by atoms with Gasteiger partial charge in [-0.05, 0) is 37.1 Å². The van der Waals surface area contributed by atoms with Gasteiger partial charge in [0.25, 0.3) is 0 Å². The lowest BCUT2D eigenvalue weighted by Crippen LogP contribution is -2.19. The number of anilines is 1. The molecular formula is C19H17N5O. The molecule has 1 aromatic carbocycles. The lowest BCUT2D eigenvalue weighted by Gasteiger charge is -2.16. The zero-order valence-corrected chi connectivity index (χ0v) is 13.6. The van der Waals surface area contributed by atoms with Crippen LogP contribution in [0.1, 0.15) is 34.9 Å². The molecule has 25 heavy (non-hydrogen) atoms. The van der Waals surface area contributed by atoms with Gasteiger partial charge < -0.3 is 9.88 Å². The molecule has 1 aliphatic heterocycles. The number of fused-ring (bicyclic) bond motifs is 1. The smallest absolute Gasteiger partial charge is 0.189 e. The fourth-order valence-electron chi connectivity index (χ4n) is 3.18. The largest absolute Gasteiger partial charge is 0.357 e. The van der Waals surface area contributed by atoms with E-state index in [9.17, 15) is 10.1 Å². The number of ketones is 1. The van der Waals surface area contributed by atoms with E-state index in [-0.39, 0.29) is 5.78 Å². The van der Waals surface area contributed by atoms with Gasteiger partial charge in [-0.15, -0.1) is 0 Å². The predicted octanol–water partition coefficient (Wildman–Crippen LogP) is 3.05. The number of nitrogens with zero attached hydrogens (tertiary/aromatic N) is 4. The van der Waals surface area contributed by atoms with E-state index in [4.69, 9.17) is 0 Å². The normalized spacial score (nSPS) is 15.2. The predicted molar refractivity (Wildman–Crippen MR) is 94.5 cm³/mol. The summed E-state index contributed by atoms with van der Waals surface area (Å²) < 4.78 is 0. The molecule has 3 aromatic rings. The minimum atomic E-state index is -0.966. The Bertz CT molecular complexity index is 915. The van der Waals surface area contributed by atoms with E-state index in [0.29, 0.717) is 11.4 Å². The molecule has 124 valence electrons. The van der Waals surface area contributed by atoms with Crippen molar-refractivity contribution < 1.29 is 4.79 Å². The number of pyridine rings is 1. The Hall–Kier alpha value is -3.20. The Morgan fingerprint density at radius 3 is 2.68 bits per heavy atom. The summed E-state index contributed by atoms with van der Waals surface area (Å²) in [6.07, 6.45) is 3.90. The zero-order chi connectivity index (χ0) is 17.2.